The number of halogens is 2. The number of nitrogens with one attached hydrogen (secondary N) is 1. The average Bonchev–Trinajstić information content (AvgIpc) is 2.41. The first-order valence-corrected chi connectivity index (χ1v) is 7.70. The van der Waals surface area contributed by atoms with Gasteiger partial charge in [0.05, 0.1) is 10.0 Å². The maximum atomic E-state index is 6.27. The van der Waals surface area contributed by atoms with E-state index in [0.29, 0.717) is 21.8 Å². The molecule has 1 saturated heterocycles. The van der Waals surface area contributed by atoms with Crippen LogP contribution >= 0.6 is 23.2 Å². The van der Waals surface area contributed by atoms with E-state index in [4.69, 9.17) is 23.2 Å². The number of hydrogen-bond donors (Lipinski definition) is 1. The molecule has 4 nitrogen and oxygen atoms in total. The fourth-order valence-electron chi connectivity index (χ4n) is 2.62. The van der Waals surface area contributed by atoms with Crippen LogP contribution in [0.25, 0.3) is 0 Å². The molecule has 0 saturated carbocycles. The summed E-state index contributed by atoms with van der Waals surface area (Å²) in [6.45, 7) is 3.31. The Kier molecular flexibility index (Phi) is 5.35. The number of anilines is 2. The standard InChI is InChI=1S/C14H22Cl2N4/c1-17-13-11(15)8-12(16)14(18-13)20(3)9-10-4-6-19(2)7-5-10/h8,10H,4-7,9H2,1-3H3,(H,17,18). The lowest BCUT2D eigenvalue weighted by molar-refractivity contribution is 0.222. The molecule has 1 fully saturated rings. The Morgan fingerprint density at radius 1 is 1.35 bits per heavy atom. The highest BCUT2D eigenvalue weighted by Gasteiger charge is 2.20. The van der Waals surface area contributed by atoms with Crippen molar-refractivity contribution >= 4 is 34.8 Å². The molecule has 0 amide bonds. The van der Waals surface area contributed by atoms with Crippen LogP contribution in [-0.4, -0.2) is 50.7 Å². The smallest absolute Gasteiger partial charge is 0.149 e. The number of nitrogens with zero attached hydrogens (tertiary/aromatic N) is 3. The minimum atomic E-state index is 0.550. The molecule has 1 N–H and O–H groups in total. The first-order chi connectivity index (χ1) is 9.51. The molecule has 0 unspecified atom stereocenters. The van der Waals surface area contributed by atoms with Crippen molar-refractivity contribution in [1.29, 1.82) is 0 Å². The number of rotatable bonds is 4. The monoisotopic (exact) mass is 316 g/mol. The van der Waals surface area contributed by atoms with Crippen LogP contribution in [0.15, 0.2) is 6.07 Å². The predicted octanol–water partition coefficient (Wildman–Crippen LogP) is 3.21. The van der Waals surface area contributed by atoms with Gasteiger partial charge in [-0.3, -0.25) is 0 Å². The van der Waals surface area contributed by atoms with Crippen LogP contribution in [0.3, 0.4) is 0 Å². The van der Waals surface area contributed by atoms with Crippen molar-refractivity contribution in [3.05, 3.63) is 16.1 Å². The summed E-state index contributed by atoms with van der Waals surface area (Å²) in [5, 5.41) is 4.14. The average molecular weight is 317 g/mol. The molecule has 6 heteroatoms. The van der Waals surface area contributed by atoms with Crippen LogP contribution in [0.5, 0.6) is 0 Å². The SMILES string of the molecule is CNc1nc(N(C)CC2CCN(C)CC2)c(Cl)cc1Cl. The molecule has 20 heavy (non-hydrogen) atoms. The van der Waals surface area contributed by atoms with Crippen molar-refractivity contribution in [2.24, 2.45) is 5.92 Å². The van der Waals surface area contributed by atoms with E-state index in [-0.39, 0.29) is 0 Å². The van der Waals surface area contributed by atoms with Crippen molar-refractivity contribution in [2.45, 2.75) is 12.8 Å². The summed E-state index contributed by atoms with van der Waals surface area (Å²) in [5.74, 6) is 2.16. The zero-order valence-electron chi connectivity index (χ0n) is 12.3. The van der Waals surface area contributed by atoms with Gasteiger partial charge in [-0.15, -0.1) is 0 Å². The lowest BCUT2D eigenvalue weighted by Crippen LogP contribution is -2.36. The molecule has 112 valence electrons. The van der Waals surface area contributed by atoms with Crippen LogP contribution in [-0.2, 0) is 0 Å². The van der Waals surface area contributed by atoms with E-state index in [1.165, 1.54) is 25.9 Å². The molecule has 2 heterocycles. The molecule has 1 aliphatic rings. The lowest BCUT2D eigenvalue weighted by Gasteiger charge is -2.32. The maximum Gasteiger partial charge on any atom is 0.149 e. The third kappa shape index (κ3) is 3.68. The molecule has 2 rings (SSSR count). The molecule has 0 atom stereocenters. The Bertz CT molecular complexity index is 459. The lowest BCUT2D eigenvalue weighted by atomic mass is 9.97. The summed E-state index contributed by atoms with van der Waals surface area (Å²) in [6, 6.07) is 1.75. The molecular weight excluding hydrogens is 295 g/mol. The van der Waals surface area contributed by atoms with Gasteiger partial charge in [-0.2, -0.15) is 0 Å². The Balaban J connectivity index is 2.07. The molecule has 0 spiro atoms. The summed E-state index contributed by atoms with van der Waals surface area (Å²) in [7, 11) is 6.03. The number of hydrogen-bond acceptors (Lipinski definition) is 4. The van der Waals surface area contributed by atoms with Crippen LogP contribution in [0.2, 0.25) is 10.0 Å². The highest BCUT2D eigenvalue weighted by Crippen LogP contribution is 2.31. The molecule has 1 aliphatic heterocycles. The quantitative estimate of drug-likeness (QED) is 0.924. The minimum absolute atomic E-state index is 0.550. The Hall–Kier alpha value is -0.710. The number of piperidine rings is 1. The zero-order valence-corrected chi connectivity index (χ0v) is 13.8. The van der Waals surface area contributed by atoms with E-state index >= 15 is 0 Å². The summed E-state index contributed by atoms with van der Waals surface area (Å²) in [4.78, 5) is 9.02. The minimum Gasteiger partial charge on any atom is -0.372 e. The van der Waals surface area contributed by atoms with Gasteiger partial charge in [0.2, 0.25) is 0 Å². The van der Waals surface area contributed by atoms with E-state index in [0.717, 1.165) is 12.4 Å². The number of likely N-dealkylation sites (tertiary alicyclic amines) is 1. The van der Waals surface area contributed by atoms with Gasteiger partial charge in [0.1, 0.15) is 11.6 Å². The highest BCUT2D eigenvalue weighted by molar-refractivity contribution is 6.37. The van der Waals surface area contributed by atoms with Gasteiger partial charge in [-0.25, -0.2) is 4.98 Å². The van der Waals surface area contributed by atoms with E-state index in [1.807, 2.05) is 14.1 Å². The zero-order chi connectivity index (χ0) is 14.7. The third-order valence-corrected chi connectivity index (χ3v) is 4.45. The summed E-state index contributed by atoms with van der Waals surface area (Å²) < 4.78 is 0. The van der Waals surface area contributed by atoms with Crippen LogP contribution < -0.4 is 10.2 Å². The van der Waals surface area contributed by atoms with Crippen molar-refractivity contribution in [3.8, 4) is 0 Å². The van der Waals surface area contributed by atoms with E-state index < -0.39 is 0 Å². The van der Waals surface area contributed by atoms with E-state index in [1.54, 1.807) is 6.07 Å². The summed E-state index contributed by atoms with van der Waals surface area (Å²) in [6.07, 6.45) is 2.45. The topological polar surface area (TPSA) is 31.4 Å². The summed E-state index contributed by atoms with van der Waals surface area (Å²) in [5.41, 5.74) is 0. The Morgan fingerprint density at radius 2 is 2.00 bits per heavy atom. The second-order valence-electron chi connectivity index (χ2n) is 5.50. The Labute approximate surface area is 131 Å². The normalized spacial score (nSPS) is 17.2. The van der Waals surface area contributed by atoms with Gasteiger partial charge in [-0.05, 0) is 45.0 Å². The molecule has 1 aromatic heterocycles. The number of pyridine rings is 1. The number of aromatic nitrogens is 1. The Morgan fingerprint density at radius 3 is 2.60 bits per heavy atom. The van der Waals surface area contributed by atoms with Crippen molar-refractivity contribution in [3.63, 3.8) is 0 Å². The first-order valence-electron chi connectivity index (χ1n) is 6.94. The van der Waals surface area contributed by atoms with Crippen LogP contribution in [0, 0.1) is 5.92 Å². The molecule has 0 bridgehead atoms. The van der Waals surface area contributed by atoms with E-state index in [2.05, 4.69) is 27.1 Å². The second kappa shape index (κ2) is 6.83. The predicted molar refractivity (Wildman–Crippen MR) is 87.3 cm³/mol. The maximum absolute atomic E-state index is 6.27. The van der Waals surface area contributed by atoms with Crippen LogP contribution in [0.1, 0.15) is 12.8 Å². The molecule has 0 radical (unpaired) electrons. The van der Waals surface area contributed by atoms with Gasteiger partial charge >= 0.3 is 0 Å². The highest BCUT2D eigenvalue weighted by atomic mass is 35.5. The molecular formula is C14H22Cl2N4. The molecule has 1 aromatic rings. The summed E-state index contributed by atoms with van der Waals surface area (Å²) >= 11 is 12.4. The van der Waals surface area contributed by atoms with Crippen molar-refractivity contribution in [2.75, 3.05) is 51.0 Å². The second-order valence-corrected chi connectivity index (χ2v) is 6.32. The van der Waals surface area contributed by atoms with Gasteiger partial charge in [0.25, 0.3) is 0 Å². The fourth-order valence-corrected chi connectivity index (χ4v) is 3.22. The fraction of sp³-hybridized carbons (Fsp3) is 0.643. The van der Waals surface area contributed by atoms with Gasteiger partial charge in [0, 0.05) is 20.6 Å². The van der Waals surface area contributed by atoms with E-state index in [9.17, 15) is 0 Å². The largest absolute Gasteiger partial charge is 0.372 e. The third-order valence-electron chi connectivity index (χ3n) is 3.88. The van der Waals surface area contributed by atoms with Crippen LogP contribution in [0.4, 0.5) is 11.6 Å². The first kappa shape index (κ1) is 15.7. The van der Waals surface area contributed by atoms with Gasteiger partial charge < -0.3 is 15.1 Å². The van der Waals surface area contributed by atoms with Gasteiger partial charge in [0.15, 0.2) is 0 Å². The van der Waals surface area contributed by atoms with Crippen molar-refractivity contribution < 1.29 is 0 Å². The molecule has 0 aliphatic carbocycles. The van der Waals surface area contributed by atoms with Crippen molar-refractivity contribution in [1.82, 2.24) is 9.88 Å². The molecule has 0 aromatic carbocycles. The van der Waals surface area contributed by atoms with Gasteiger partial charge in [-0.1, -0.05) is 23.2 Å².